The molecular weight excluding hydrogens is 366 g/mol. The van der Waals surface area contributed by atoms with E-state index in [4.69, 9.17) is 16.0 Å². The molecule has 1 N–H and O–H groups in total. The summed E-state index contributed by atoms with van der Waals surface area (Å²) in [5.41, 5.74) is 2.99. The van der Waals surface area contributed by atoms with Crippen molar-refractivity contribution in [3.63, 3.8) is 0 Å². The van der Waals surface area contributed by atoms with Gasteiger partial charge < -0.3 is 9.73 Å². The molecule has 0 fully saturated rings. The summed E-state index contributed by atoms with van der Waals surface area (Å²) >= 11 is 9.41. The number of anilines is 1. The maximum atomic E-state index is 5.97. The minimum Gasteiger partial charge on any atom is -0.419 e. The first-order valence-corrected chi connectivity index (χ1v) is 7.87. The zero-order valence-electron chi connectivity index (χ0n) is 11.8. The first-order chi connectivity index (χ1) is 10.6. The Kier molecular flexibility index (Phi) is 4.45. The van der Waals surface area contributed by atoms with Crippen molar-refractivity contribution in [3.05, 3.63) is 63.4 Å². The second-order valence-corrected chi connectivity index (χ2v) is 6.18. The molecule has 0 spiro atoms. The number of hydrogen-bond acceptors (Lipinski definition) is 4. The summed E-state index contributed by atoms with van der Waals surface area (Å²) in [6.45, 7) is 2.51. The molecule has 112 valence electrons. The van der Waals surface area contributed by atoms with Crippen LogP contribution in [0.25, 0.3) is 11.5 Å². The summed E-state index contributed by atoms with van der Waals surface area (Å²) in [6, 6.07) is 13.4. The van der Waals surface area contributed by atoms with Crippen molar-refractivity contribution < 1.29 is 4.42 Å². The molecule has 0 saturated heterocycles. The minimum absolute atomic E-state index is 0.465. The van der Waals surface area contributed by atoms with Crippen LogP contribution in [0.1, 0.15) is 11.5 Å². The molecule has 0 amide bonds. The number of benzene rings is 2. The van der Waals surface area contributed by atoms with E-state index in [1.807, 2.05) is 37.3 Å². The summed E-state index contributed by atoms with van der Waals surface area (Å²) in [6.07, 6.45) is 0. The van der Waals surface area contributed by atoms with Gasteiger partial charge >= 0.3 is 0 Å². The summed E-state index contributed by atoms with van der Waals surface area (Å²) in [7, 11) is 0. The molecule has 0 saturated carbocycles. The smallest absolute Gasteiger partial charge is 0.247 e. The molecule has 3 aromatic rings. The molecular formula is C16H13BrClN3O. The van der Waals surface area contributed by atoms with Crippen molar-refractivity contribution in [1.29, 1.82) is 0 Å². The van der Waals surface area contributed by atoms with Gasteiger partial charge in [-0.15, -0.1) is 10.2 Å². The summed E-state index contributed by atoms with van der Waals surface area (Å²) in [5, 5.41) is 12.0. The third-order valence-corrected chi connectivity index (χ3v) is 3.89. The van der Waals surface area contributed by atoms with Crippen LogP contribution < -0.4 is 5.32 Å². The lowest BCUT2D eigenvalue weighted by Gasteiger charge is -2.07. The molecule has 0 bridgehead atoms. The van der Waals surface area contributed by atoms with Crippen LogP contribution in [0.2, 0.25) is 5.02 Å². The van der Waals surface area contributed by atoms with E-state index in [9.17, 15) is 0 Å². The van der Waals surface area contributed by atoms with E-state index in [1.54, 1.807) is 12.1 Å². The molecule has 6 heteroatoms. The van der Waals surface area contributed by atoms with E-state index in [1.165, 1.54) is 0 Å². The standard InChI is InChI=1S/C16H13BrClN3O/c1-10-7-12(17)5-6-14(10)19-9-15-20-21-16(22-15)11-3-2-4-13(18)8-11/h2-8,19H,9H2,1H3. The van der Waals surface area contributed by atoms with Crippen molar-refractivity contribution in [3.8, 4) is 11.5 Å². The second kappa shape index (κ2) is 6.50. The Morgan fingerprint density at radius 1 is 1.18 bits per heavy atom. The van der Waals surface area contributed by atoms with Crippen LogP contribution in [-0.4, -0.2) is 10.2 Å². The Hall–Kier alpha value is -1.85. The van der Waals surface area contributed by atoms with Gasteiger partial charge in [-0.1, -0.05) is 33.6 Å². The van der Waals surface area contributed by atoms with Gasteiger partial charge in [0.05, 0.1) is 6.54 Å². The van der Waals surface area contributed by atoms with Gasteiger partial charge in [-0.2, -0.15) is 0 Å². The first-order valence-electron chi connectivity index (χ1n) is 6.70. The highest BCUT2D eigenvalue weighted by Crippen LogP contribution is 2.23. The van der Waals surface area contributed by atoms with E-state index in [0.29, 0.717) is 23.3 Å². The summed E-state index contributed by atoms with van der Waals surface area (Å²) in [4.78, 5) is 0. The fourth-order valence-electron chi connectivity index (χ4n) is 2.06. The van der Waals surface area contributed by atoms with E-state index < -0.39 is 0 Å². The van der Waals surface area contributed by atoms with Crippen molar-refractivity contribution >= 4 is 33.2 Å². The highest BCUT2D eigenvalue weighted by Gasteiger charge is 2.09. The lowest BCUT2D eigenvalue weighted by atomic mass is 10.2. The van der Waals surface area contributed by atoms with Crippen LogP contribution in [0.15, 0.2) is 51.4 Å². The molecule has 2 aromatic carbocycles. The largest absolute Gasteiger partial charge is 0.419 e. The molecule has 1 heterocycles. The molecule has 0 radical (unpaired) electrons. The molecule has 22 heavy (non-hydrogen) atoms. The van der Waals surface area contributed by atoms with Gasteiger partial charge in [0.2, 0.25) is 11.8 Å². The SMILES string of the molecule is Cc1cc(Br)ccc1NCc1nnc(-c2cccc(Cl)c2)o1. The minimum atomic E-state index is 0.465. The van der Waals surface area contributed by atoms with Gasteiger partial charge in [0.1, 0.15) is 0 Å². The Balaban J connectivity index is 1.72. The summed E-state index contributed by atoms with van der Waals surface area (Å²) < 4.78 is 6.71. The Bertz CT molecular complexity index is 804. The highest BCUT2D eigenvalue weighted by molar-refractivity contribution is 9.10. The van der Waals surface area contributed by atoms with Gasteiger partial charge in [0, 0.05) is 20.7 Å². The predicted molar refractivity (Wildman–Crippen MR) is 90.9 cm³/mol. The fraction of sp³-hybridized carbons (Fsp3) is 0.125. The van der Waals surface area contributed by atoms with Crippen LogP contribution in [0.5, 0.6) is 0 Å². The van der Waals surface area contributed by atoms with Gasteiger partial charge in [-0.3, -0.25) is 0 Å². The maximum absolute atomic E-state index is 5.97. The average Bonchev–Trinajstić information content (AvgIpc) is 2.95. The number of aromatic nitrogens is 2. The van der Waals surface area contributed by atoms with Gasteiger partial charge in [0.15, 0.2) is 0 Å². The molecule has 0 aliphatic rings. The van der Waals surface area contributed by atoms with E-state index >= 15 is 0 Å². The van der Waals surface area contributed by atoms with Gasteiger partial charge in [-0.05, 0) is 48.9 Å². The normalized spacial score (nSPS) is 10.7. The Morgan fingerprint density at radius 2 is 2.05 bits per heavy atom. The monoisotopic (exact) mass is 377 g/mol. The zero-order valence-corrected chi connectivity index (χ0v) is 14.1. The zero-order chi connectivity index (χ0) is 15.5. The fourth-order valence-corrected chi connectivity index (χ4v) is 2.73. The lowest BCUT2D eigenvalue weighted by Crippen LogP contribution is -2.01. The number of nitrogens with one attached hydrogen (secondary N) is 1. The molecule has 1 aromatic heterocycles. The number of aryl methyl sites for hydroxylation is 1. The van der Waals surface area contributed by atoms with Crippen molar-refractivity contribution in [2.24, 2.45) is 0 Å². The van der Waals surface area contributed by atoms with Crippen LogP contribution in [0, 0.1) is 6.92 Å². The number of hydrogen-bond donors (Lipinski definition) is 1. The molecule has 0 unspecified atom stereocenters. The predicted octanol–water partition coefficient (Wildman–Crippen LogP) is 5.07. The van der Waals surface area contributed by atoms with Crippen LogP contribution in [0.3, 0.4) is 0 Å². The third-order valence-electron chi connectivity index (χ3n) is 3.16. The van der Waals surface area contributed by atoms with E-state index in [2.05, 4.69) is 31.4 Å². The topological polar surface area (TPSA) is 51.0 Å². The molecule has 4 nitrogen and oxygen atoms in total. The van der Waals surface area contributed by atoms with Crippen LogP contribution in [-0.2, 0) is 6.54 Å². The van der Waals surface area contributed by atoms with Crippen LogP contribution in [0.4, 0.5) is 5.69 Å². The number of rotatable bonds is 4. The molecule has 3 rings (SSSR count). The molecule has 0 atom stereocenters. The second-order valence-electron chi connectivity index (χ2n) is 4.82. The Morgan fingerprint density at radius 3 is 2.82 bits per heavy atom. The van der Waals surface area contributed by atoms with Gasteiger partial charge in [-0.25, -0.2) is 0 Å². The maximum Gasteiger partial charge on any atom is 0.247 e. The van der Waals surface area contributed by atoms with E-state index in [-0.39, 0.29) is 0 Å². The lowest BCUT2D eigenvalue weighted by molar-refractivity contribution is 0.515. The number of nitrogens with zero attached hydrogens (tertiary/aromatic N) is 2. The number of halogens is 2. The third kappa shape index (κ3) is 3.48. The molecule has 0 aliphatic carbocycles. The quantitative estimate of drug-likeness (QED) is 0.688. The van der Waals surface area contributed by atoms with E-state index in [0.717, 1.165) is 21.3 Å². The molecule has 0 aliphatic heterocycles. The van der Waals surface area contributed by atoms with Gasteiger partial charge in [0.25, 0.3) is 0 Å². The Labute approximate surface area is 141 Å². The van der Waals surface area contributed by atoms with Crippen molar-refractivity contribution in [2.75, 3.05) is 5.32 Å². The van der Waals surface area contributed by atoms with Crippen molar-refractivity contribution in [1.82, 2.24) is 10.2 Å². The highest BCUT2D eigenvalue weighted by atomic mass is 79.9. The summed E-state index contributed by atoms with van der Waals surface area (Å²) in [5.74, 6) is 0.990. The first kappa shape index (κ1) is 15.1. The van der Waals surface area contributed by atoms with Crippen LogP contribution >= 0.6 is 27.5 Å². The average molecular weight is 379 g/mol. The van der Waals surface area contributed by atoms with Crippen molar-refractivity contribution in [2.45, 2.75) is 13.5 Å².